The Hall–Kier alpha value is -1.81. The zero-order chi connectivity index (χ0) is 14.5. The van der Waals surface area contributed by atoms with Gasteiger partial charge in [-0.15, -0.1) is 0 Å². The molecule has 1 N–H and O–H groups in total. The van der Waals surface area contributed by atoms with Crippen molar-refractivity contribution in [2.45, 2.75) is 13.5 Å². The van der Waals surface area contributed by atoms with Crippen LogP contribution in [0.2, 0.25) is 0 Å². The number of anilines is 1. The van der Waals surface area contributed by atoms with Crippen LogP contribution in [0.5, 0.6) is 0 Å². The number of carbonyl (C=O) groups excluding carboxylic acids is 1. The minimum Gasteiger partial charge on any atom is -0.465 e. The van der Waals surface area contributed by atoms with Gasteiger partial charge in [0.15, 0.2) is 0 Å². The number of esters is 1. The fourth-order valence-electron chi connectivity index (χ4n) is 1.97. The zero-order valence-electron chi connectivity index (χ0n) is 11.4. The van der Waals surface area contributed by atoms with Crippen LogP contribution in [0.1, 0.15) is 21.5 Å². The Morgan fingerprint density at radius 2 is 1.95 bits per heavy atom. The molecule has 0 heterocycles. The molecule has 3 nitrogen and oxygen atoms in total. The van der Waals surface area contributed by atoms with E-state index in [2.05, 4.69) is 21.2 Å². The Bertz CT molecular complexity index is 626. The first-order chi connectivity index (χ1) is 9.63. The number of halogens is 1. The summed E-state index contributed by atoms with van der Waals surface area (Å²) in [4.78, 5) is 11.7. The Labute approximate surface area is 127 Å². The highest BCUT2D eigenvalue weighted by Crippen LogP contribution is 2.24. The van der Waals surface area contributed by atoms with Crippen molar-refractivity contribution in [3.63, 3.8) is 0 Å². The number of ether oxygens (including phenoxy) is 1. The van der Waals surface area contributed by atoms with Gasteiger partial charge in [-0.25, -0.2) is 4.79 Å². The SMILES string of the molecule is COC(=O)c1ccccc1CNc1cccc(Br)c1C. The molecular formula is C16H16BrNO2. The molecule has 0 saturated carbocycles. The lowest BCUT2D eigenvalue weighted by Crippen LogP contribution is -2.09. The largest absolute Gasteiger partial charge is 0.465 e. The molecule has 20 heavy (non-hydrogen) atoms. The van der Waals surface area contributed by atoms with E-state index in [4.69, 9.17) is 4.74 Å². The van der Waals surface area contributed by atoms with Gasteiger partial charge in [0.25, 0.3) is 0 Å². The fourth-order valence-corrected chi connectivity index (χ4v) is 2.34. The van der Waals surface area contributed by atoms with Gasteiger partial charge in [0.1, 0.15) is 0 Å². The van der Waals surface area contributed by atoms with Crippen molar-refractivity contribution in [3.05, 3.63) is 63.6 Å². The summed E-state index contributed by atoms with van der Waals surface area (Å²) in [6, 6.07) is 13.4. The van der Waals surface area contributed by atoms with Crippen LogP contribution < -0.4 is 5.32 Å². The van der Waals surface area contributed by atoms with Crippen molar-refractivity contribution in [1.82, 2.24) is 0 Å². The summed E-state index contributed by atoms with van der Waals surface area (Å²) in [5, 5.41) is 3.35. The second kappa shape index (κ2) is 6.57. The van der Waals surface area contributed by atoms with E-state index in [9.17, 15) is 4.79 Å². The van der Waals surface area contributed by atoms with Crippen molar-refractivity contribution in [2.24, 2.45) is 0 Å². The van der Waals surface area contributed by atoms with E-state index in [1.54, 1.807) is 6.07 Å². The maximum absolute atomic E-state index is 11.7. The predicted octanol–water partition coefficient (Wildman–Crippen LogP) is 4.16. The first kappa shape index (κ1) is 14.6. The van der Waals surface area contributed by atoms with E-state index in [1.807, 2.05) is 43.3 Å². The molecule has 0 unspecified atom stereocenters. The van der Waals surface area contributed by atoms with Gasteiger partial charge in [-0.05, 0) is 36.2 Å². The number of rotatable bonds is 4. The van der Waals surface area contributed by atoms with Crippen LogP contribution in [-0.4, -0.2) is 13.1 Å². The first-order valence-corrected chi connectivity index (χ1v) is 7.08. The summed E-state index contributed by atoms with van der Waals surface area (Å²) in [5.74, 6) is -0.312. The third-order valence-electron chi connectivity index (χ3n) is 3.16. The molecule has 0 amide bonds. The number of benzene rings is 2. The molecule has 0 radical (unpaired) electrons. The highest BCUT2D eigenvalue weighted by atomic mass is 79.9. The molecule has 2 aromatic rings. The minimum absolute atomic E-state index is 0.312. The summed E-state index contributed by atoms with van der Waals surface area (Å²) >= 11 is 3.51. The van der Waals surface area contributed by atoms with Gasteiger partial charge in [-0.2, -0.15) is 0 Å². The third-order valence-corrected chi connectivity index (χ3v) is 4.02. The quantitative estimate of drug-likeness (QED) is 0.854. The van der Waals surface area contributed by atoms with Gasteiger partial charge >= 0.3 is 5.97 Å². The molecule has 104 valence electrons. The molecule has 0 saturated heterocycles. The second-order valence-corrected chi connectivity index (χ2v) is 5.27. The average molecular weight is 334 g/mol. The predicted molar refractivity (Wildman–Crippen MR) is 84.0 cm³/mol. The Morgan fingerprint density at radius 1 is 1.20 bits per heavy atom. The number of nitrogens with one attached hydrogen (secondary N) is 1. The van der Waals surface area contributed by atoms with E-state index >= 15 is 0 Å². The summed E-state index contributed by atoms with van der Waals surface area (Å²) in [6.07, 6.45) is 0. The maximum atomic E-state index is 11.7. The maximum Gasteiger partial charge on any atom is 0.338 e. The summed E-state index contributed by atoms with van der Waals surface area (Å²) < 4.78 is 5.86. The molecule has 4 heteroatoms. The number of methoxy groups -OCH3 is 1. The lowest BCUT2D eigenvalue weighted by Gasteiger charge is -2.12. The van der Waals surface area contributed by atoms with Crippen LogP contribution in [0.4, 0.5) is 5.69 Å². The average Bonchev–Trinajstić information content (AvgIpc) is 2.48. The van der Waals surface area contributed by atoms with E-state index in [-0.39, 0.29) is 5.97 Å². The van der Waals surface area contributed by atoms with Gasteiger partial charge in [0, 0.05) is 16.7 Å². The Balaban J connectivity index is 2.19. The van der Waals surface area contributed by atoms with Gasteiger partial charge in [-0.1, -0.05) is 40.2 Å². The number of hydrogen-bond donors (Lipinski definition) is 1. The monoisotopic (exact) mass is 333 g/mol. The van der Waals surface area contributed by atoms with Crippen molar-refractivity contribution >= 4 is 27.6 Å². The molecule has 0 bridgehead atoms. The molecule has 0 aliphatic heterocycles. The van der Waals surface area contributed by atoms with E-state index in [0.717, 1.165) is 21.3 Å². The summed E-state index contributed by atoms with van der Waals surface area (Å²) in [7, 11) is 1.39. The van der Waals surface area contributed by atoms with Crippen LogP contribution in [0.3, 0.4) is 0 Å². The van der Waals surface area contributed by atoms with Crippen molar-refractivity contribution < 1.29 is 9.53 Å². The van der Waals surface area contributed by atoms with E-state index in [0.29, 0.717) is 12.1 Å². The molecule has 2 aromatic carbocycles. The standard InChI is InChI=1S/C16H16BrNO2/c1-11-14(17)8-5-9-15(11)18-10-12-6-3-4-7-13(12)16(19)20-2/h3-9,18H,10H2,1-2H3. The second-order valence-electron chi connectivity index (χ2n) is 4.41. The van der Waals surface area contributed by atoms with Gasteiger partial charge in [-0.3, -0.25) is 0 Å². The molecule has 0 aliphatic rings. The smallest absolute Gasteiger partial charge is 0.338 e. The van der Waals surface area contributed by atoms with Gasteiger partial charge < -0.3 is 10.1 Å². The highest BCUT2D eigenvalue weighted by molar-refractivity contribution is 9.10. The lowest BCUT2D eigenvalue weighted by atomic mass is 10.1. The first-order valence-electron chi connectivity index (χ1n) is 6.28. The molecule has 0 aromatic heterocycles. The van der Waals surface area contributed by atoms with Crippen LogP contribution >= 0.6 is 15.9 Å². The summed E-state index contributed by atoms with van der Waals surface area (Å²) in [6.45, 7) is 2.61. The Kier molecular flexibility index (Phi) is 4.79. The Morgan fingerprint density at radius 3 is 2.70 bits per heavy atom. The zero-order valence-corrected chi connectivity index (χ0v) is 13.0. The highest BCUT2D eigenvalue weighted by Gasteiger charge is 2.11. The number of hydrogen-bond acceptors (Lipinski definition) is 3. The minimum atomic E-state index is -0.312. The van der Waals surface area contributed by atoms with Crippen LogP contribution in [-0.2, 0) is 11.3 Å². The topological polar surface area (TPSA) is 38.3 Å². The molecule has 0 spiro atoms. The third kappa shape index (κ3) is 3.20. The van der Waals surface area contributed by atoms with Crippen LogP contribution in [0.25, 0.3) is 0 Å². The fraction of sp³-hybridized carbons (Fsp3) is 0.188. The van der Waals surface area contributed by atoms with Crippen LogP contribution in [0.15, 0.2) is 46.9 Å². The molecule has 2 rings (SSSR count). The van der Waals surface area contributed by atoms with Crippen molar-refractivity contribution in [1.29, 1.82) is 0 Å². The molecular weight excluding hydrogens is 318 g/mol. The van der Waals surface area contributed by atoms with Crippen LogP contribution in [0, 0.1) is 6.92 Å². The lowest BCUT2D eigenvalue weighted by molar-refractivity contribution is 0.0599. The van der Waals surface area contributed by atoms with E-state index < -0.39 is 0 Å². The number of carbonyl (C=O) groups is 1. The van der Waals surface area contributed by atoms with Crippen molar-refractivity contribution in [3.8, 4) is 0 Å². The van der Waals surface area contributed by atoms with Crippen molar-refractivity contribution in [2.75, 3.05) is 12.4 Å². The normalized spacial score (nSPS) is 10.2. The summed E-state index contributed by atoms with van der Waals surface area (Å²) in [5.41, 5.74) is 3.69. The van der Waals surface area contributed by atoms with E-state index in [1.165, 1.54) is 7.11 Å². The van der Waals surface area contributed by atoms with Gasteiger partial charge in [0.05, 0.1) is 12.7 Å². The molecule has 0 fully saturated rings. The molecule has 0 atom stereocenters. The van der Waals surface area contributed by atoms with Gasteiger partial charge in [0.2, 0.25) is 0 Å². The molecule has 0 aliphatic carbocycles.